The summed E-state index contributed by atoms with van der Waals surface area (Å²) in [7, 11) is 0. The Balaban J connectivity index is 1.55. The summed E-state index contributed by atoms with van der Waals surface area (Å²) in [6.45, 7) is 6.56. The number of aliphatic imine (C=N–C) groups is 1. The van der Waals surface area contributed by atoms with Gasteiger partial charge in [0.1, 0.15) is 5.75 Å². The van der Waals surface area contributed by atoms with Crippen molar-refractivity contribution in [2.75, 3.05) is 0 Å². The number of amides is 1. The zero-order valence-electron chi connectivity index (χ0n) is 20.0. The standard InChI is InChI=1S/C29H27N3O2S/c1-29(2,3)21-15-13-19(14-16-21)17-26-27(30-28(34)35-26)32-24(22-11-7-8-12-25(22)33)18-23(31-32)20-9-5-4-6-10-20/h4-17,24,33H,18H2,1-3H3/b26-17-. The molecule has 1 amide bonds. The van der Waals surface area contributed by atoms with Crippen LogP contribution in [-0.2, 0) is 5.41 Å². The molecule has 35 heavy (non-hydrogen) atoms. The number of thioether (sulfide) groups is 1. The Bertz CT molecular complexity index is 1350. The number of hydrogen-bond acceptors (Lipinski definition) is 5. The first-order valence-corrected chi connectivity index (χ1v) is 12.4. The molecule has 1 unspecified atom stereocenters. The molecular formula is C29H27N3O2S. The third kappa shape index (κ3) is 4.80. The van der Waals surface area contributed by atoms with Crippen molar-refractivity contribution >= 4 is 34.6 Å². The first-order valence-electron chi connectivity index (χ1n) is 11.6. The van der Waals surface area contributed by atoms with Crippen molar-refractivity contribution in [1.82, 2.24) is 5.01 Å². The van der Waals surface area contributed by atoms with E-state index < -0.39 is 0 Å². The van der Waals surface area contributed by atoms with Crippen LogP contribution in [-0.4, -0.2) is 26.9 Å². The van der Waals surface area contributed by atoms with Gasteiger partial charge in [-0.2, -0.15) is 10.1 Å². The van der Waals surface area contributed by atoms with E-state index in [0.29, 0.717) is 12.3 Å². The first kappa shape index (κ1) is 23.1. The number of phenolic OH excluding ortho intramolecular Hbond substituents is 1. The molecule has 0 fully saturated rings. The lowest BCUT2D eigenvalue weighted by molar-refractivity contribution is 0.267. The predicted molar refractivity (Wildman–Crippen MR) is 144 cm³/mol. The SMILES string of the molecule is CC(C)(C)c1ccc(/C=C2\SC(=O)N=C2N2N=C(c3ccccc3)CC2c2ccccc2O)cc1. The number of carbonyl (C=O) groups is 1. The van der Waals surface area contributed by atoms with Gasteiger partial charge in [-0.3, -0.25) is 4.79 Å². The summed E-state index contributed by atoms with van der Waals surface area (Å²) in [6.07, 6.45) is 2.58. The summed E-state index contributed by atoms with van der Waals surface area (Å²) in [5.74, 6) is 0.715. The van der Waals surface area contributed by atoms with E-state index in [9.17, 15) is 9.90 Å². The number of para-hydroxylation sites is 1. The second-order valence-corrected chi connectivity index (χ2v) is 10.7. The number of benzene rings is 3. The Kier molecular flexibility index (Phi) is 6.07. The van der Waals surface area contributed by atoms with Gasteiger partial charge >= 0.3 is 5.24 Å². The summed E-state index contributed by atoms with van der Waals surface area (Å²) in [4.78, 5) is 17.6. The van der Waals surface area contributed by atoms with Gasteiger partial charge in [0.05, 0.1) is 16.7 Å². The number of nitrogens with zero attached hydrogens (tertiary/aromatic N) is 3. The van der Waals surface area contributed by atoms with E-state index in [1.807, 2.05) is 48.5 Å². The van der Waals surface area contributed by atoms with Crippen LogP contribution in [0.15, 0.2) is 93.9 Å². The molecule has 0 bridgehead atoms. The highest BCUT2D eigenvalue weighted by atomic mass is 32.2. The molecular weight excluding hydrogens is 454 g/mol. The smallest absolute Gasteiger partial charge is 0.311 e. The van der Waals surface area contributed by atoms with E-state index in [-0.39, 0.29) is 22.4 Å². The summed E-state index contributed by atoms with van der Waals surface area (Å²) < 4.78 is 0. The maximum atomic E-state index is 12.5. The minimum atomic E-state index is -0.275. The molecule has 1 N–H and O–H groups in total. The minimum Gasteiger partial charge on any atom is -0.508 e. The highest BCUT2D eigenvalue weighted by Gasteiger charge is 2.37. The maximum Gasteiger partial charge on any atom is 0.311 e. The van der Waals surface area contributed by atoms with Crippen molar-refractivity contribution in [2.45, 2.75) is 38.6 Å². The topological polar surface area (TPSA) is 65.3 Å². The summed E-state index contributed by atoms with van der Waals surface area (Å²) in [6, 6.07) is 25.4. The van der Waals surface area contributed by atoms with Gasteiger partial charge in [0.25, 0.3) is 0 Å². The number of hydrazone groups is 1. The quantitative estimate of drug-likeness (QED) is 0.431. The third-order valence-corrected chi connectivity index (χ3v) is 7.01. The lowest BCUT2D eigenvalue weighted by atomic mass is 9.87. The molecule has 176 valence electrons. The van der Waals surface area contributed by atoms with Crippen molar-refractivity contribution < 1.29 is 9.90 Å². The molecule has 3 aromatic rings. The molecule has 2 aliphatic rings. The van der Waals surface area contributed by atoms with Crippen LogP contribution in [0.5, 0.6) is 5.75 Å². The Morgan fingerprint density at radius 3 is 2.34 bits per heavy atom. The molecule has 0 radical (unpaired) electrons. The third-order valence-electron chi connectivity index (χ3n) is 6.22. The molecule has 5 rings (SSSR count). The number of hydrogen-bond donors (Lipinski definition) is 1. The van der Waals surface area contributed by atoms with Gasteiger partial charge in [0, 0.05) is 12.0 Å². The fourth-order valence-electron chi connectivity index (χ4n) is 4.32. The van der Waals surface area contributed by atoms with Crippen molar-refractivity contribution in [1.29, 1.82) is 0 Å². The monoisotopic (exact) mass is 481 g/mol. The predicted octanol–water partition coefficient (Wildman–Crippen LogP) is 7.15. The summed E-state index contributed by atoms with van der Waals surface area (Å²) >= 11 is 1.11. The Morgan fingerprint density at radius 2 is 1.66 bits per heavy atom. The number of carbonyl (C=O) groups excluding carboxylic acids is 1. The van der Waals surface area contributed by atoms with Gasteiger partial charge in [-0.25, -0.2) is 5.01 Å². The molecule has 0 saturated heterocycles. The molecule has 2 heterocycles. The molecule has 2 aliphatic heterocycles. The van der Waals surface area contributed by atoms with Crippen LogP contribution in [0, 0.1) is 0 Å². The zero-order chi connectivity index (χ0) is 24.6. The van der Waals surface area contributed by atoms with Crippen LogP contribution in [0.1, 0.15) is 55.5 Å². The fraction of sp³-hybridized carbons (Fsp3) is 0.207. The van der Waals surface area contributed by atoms with Gasteiger partial charge in [0.2, 0.25) is 0 Å². The Morgan fingerprint density at radius 1 is 0.971 bits per heavy atom. The van der Waals surface area contributed by atoms with Crippen LogP contribution >= 0.6 is 11.8 Å². The lowest BCUT2D eigenvalue weighted by Crippen LogP contribution is -2.26. The second-order valence-electron chi connectivity index (χ2n) is 9.72. The van der Waals surface area contributed by atoms with Gasteiger partial charge in [0.15, 0.2) is 5.84 Å². The van der Waals surface area contributed by atoms with Gasteiger partial charge < -0.3 is 5.11 Å². The largest absolute Gasteiger partial charge is 0.508 e. The number of amidine groups is 1. The number of phenols is 1. The van der Waals surface area contributed by atoms with Crippen LogP contribution < -0.4 is 0 Å². The molecule has 0 spiro atoms. The van der Waals surface area contributed by atoms with E-state index in [4.69, 9.17) is 5.10 Å². The maximum absolute atomic E-state index is 12.5. The Hall–Kier alpha value is -3.64. The van der Waals surface area contributed by atoms with Gasteiger partial charge in [-0.05, 0) is 46.0 Å². The number of rotatable bonds is 3. The fourth-order valence-corrected chi connectivity index (χ4v) is 5.06. The van der Waals surface area contributed by atoms with Gasteiger partial charge in [-0.15, -0.1) is 0 Å². The van der Waals surface area contributed by atoms with E-state index in [1.165, 1.54) is 5.56 Å². The molecule has 6 heteroatoms. The first-order chi connectivity index (χ1) is 16.8. The molecule has 3 aromatic carbocycles. The normalized spacial score (nSPS) is 19.3. The molecule has 1 atom stereocenters. The van der Waals surface area contributed by atoms with E-state index in [0.717, 1.165) is 39.1 Å². The zero-order valence-corrected chi connectivity index (χ0v) is 20.8. The lowest BCUT2D eigenvalue weighted by Gasteiger charge is -2.24. The van der Waals surface area contributed by atoms with Gasteiger partial charge in [-0.1, -0.05) is 93.6 Å². The van der Waals surface area contributed by atoms with E-state index in [2.05, 4.69) is 50.0 Å². The second kappa shape index (κ2) is 9.19. The summed E-state index contributed by atoms with van der Waals surface area (Å²) in [5.41, 5.74) is 4.96. The van der Waals surface area contributed by atoms with Crippen molar-refractivity contribution in [3.8, 4) is 5.75 Å². The molecule has 0 aromatic heterocycles. The van der Waals surface area contributed by atoms with Crippen LogP contribution in [0.3, 0.4) is 0 Å². The average Bonchev–Trinajstić information content (AvgIpc) is 3.43. The molecule has 0 aliphatic carbocycles. The van der Waals surface area contributed by atoms with E-state index in [1.54, 1.807) is 17.1 Å². The highest BCUT2D eigenvalue weighted by Crippen LogP contribution is 2.41. The molecule has 0 saturated carbocycles. The van der Waals surface area contributed by atoms with Crippen molar-refractivity contribution in [3.63, 3.8) is 0 Å². The Labute approximate surface area is 209 Å². The van der Waals surface area contributed by atoms with Crippen LogP contribution in [0.2, 0.25) is 0 Å². The van der Waals surface area contributed by atoms with Crippen molar-refractivity contribution in [2.24, 2.45) is 10.1 Å². The van der Waals surface area contributed by atoms with E-state index >= 15 is 0 Å². The molecule has 5 nitrogen and oxygen atoms in total. The van der Waals surface area contributed by atoms with Crippen molar-refractivity contribution in [3.05, 3.63) is 106 Å². The van der Waals surface area contributed by atoms with Crippen LogP contribution in [0.4, 0.5) is 4.79 Å². The summed E-state index contributed by atoms with van der Waals surface area (Å²) in [5, 5.41) is 17.1. The number of aromatic hydroxyl groups is 1. The average molecular weight is 482 g/mol. The highest BCUT2D eigenvalue weighted by molar-refractivity contribution is 8.18. The van der Waals surface area contributed by atoms with Crippen LogP contribution in [0.25, 0.3) is 6.08 Å². The minimum absolute atomic E-state index is 0.0688.